The van der Waals surface area contributed by atoms with Crippen LogP contribution in [0, 0.1) is 11.6 Å². The molecule has 1 N–H and O–H groups in total. The summed E-state index contributed by atoms with van der Waals surface area (Å²) in [5, 5.41) is 2.51. The second-order valence-electron chi connectivity index (χ2n) is 5.54. The molecule has 2 aromatic carbocycles. The highest BCUT2D eigenvalue weighted by molar-refractivity contribution is 7.92. The predicted octanol–water partition coefficient (Wildman–Crippen LogP) is 2.93. The van der Waals surface area contributed by atoms with Crippen LogP contribution >= 0.6 is 0 Å². The van der Waals surface area contributed by atoms with Crippen LogP contribution in [-0.2, 0) is 14.8 Å². The molecule has 6 nitrogen and oxygen atoms in total. The third-order valence-corrected chi connectivity index (χ3v) is 4.50. The molecule has 0 unspecified atom stereocenters. The molecule has 9 heteroatoms. The van der Waals surface area contributed by atoms with Crippen molar-refractivity contribution in [2.24, 2.45) is 0 Å². The Kier molecular flexibility index (Phi) is 6.51. The van der Waals surface area contributed by atoms with Gasteiger partial charge in [0.05, 0.1) is 11.9 Å². The van der Waals surface area contributed by atoms with E-state index in [2.05, 4.69) is 11.9 Å². The van der Waals surface area contributed by atoms with E-state index in [1.54, 1.807) is 30.3 Å². The lowest BCUT2D eigenvalue weighted by molar-refractivity contribution is -0.114. The molecule has 0 saturated carbocycles. The summed E-state index contributed by atoms with van der Waals surface area (Å²) in [5.74, 6) is -2.06. The topological polar surface area (TPSA) is 75.7 Å². The van der Waals surface area contributed by atoms with Crippen molar-refractivity contribution >= 4 is 27.3 Å². The third kappa shape index (κ3) is 5.78. The summed E-state index contributed by atoms with van der Waals surface area (Å²) in [6.07, 6.45) is 2.42. The Labute approximate surface area is 156 Å². The smallest absolute Gasteiger partial charge is 0.245 e. The van der Waals surface area contributed by atoms with Gasteiger partial charge in [0.25, 0.3) is 0 Å². The Balaban J connectivity index is 2.13. The molecular formula is C18H18F2N2O4S. The molecule has 0 aliphatic rings. The van der Waals surface area contributed by atoms with Gasteiger partial charge in [0.1, 0.15) is 30.5 Å². The SMILES string of the molecule is C=CCOc1ccc(NC(=O)CN(c2ccc(F)cc2F)S(C)(=O)=O)cc1. The highest BCUT2D eigenvalue weighted by Crippen LogP contribution is 2.23. The van der Waals surface area contributed by atoms with Crippen molar-refractivity contribution < 1.29 is 26.7 Å². The predicted molar refractivity (Wildman–Crippen MR) is 99.3 cm³/mol. The fourth-order valence-electron chi connectivity index (χ4n) is 2.19. The molecule has 0 bridgehead atoms. The molecule has 0 fully saturated rings. The van der Waals surface area contributed by atoms with Gasteiger partial charge in [-0.3, -0.25) is 9.10 Å². The molecule has 0 saturated heterocycles. The molecule has 144 valence electrons. The molecule has 0 radical (unpaired) electrons. The Bertz CT molecular complexity index is 931. The molecular weight excluding hydrogens is 378 g/mol. The standard InChI is InChI=1S/C18H18F2N2O4S/c1-3-10-26-15-7-5-14(6-8-15)21-18(23)12-22(27(2,24)25)17-9-4-13(19)11-16(17)20/h3-9,11H,1,10,12H2,2H3,(H,21,23). The van der Waals surface area contributed by atoms with Crippen LogP contribution in [0.2, 0.25) is 0 Å². The minimum absolute atomic E-state index is 0.332. The van der Waals surface area contributed by atoms with E-state index in [4.69, 9.17) is 4.74 Å². The van der Waals surface area contributed by atoms with Gasteiger partial charge in [-0.15, -0.1) is 0 Å². The number of anilines is 2. The van der Waals surface area contributed by atoms with Crippen LogP contribution in [0.1, 0.15) is 0 Å². The number of nitrogens with one attached hydrogen (secondary N) is 1. The Morgan fingerprint density at radius 2 is 1.89 bits per heavy atom. The van der Waals surface area contributed by atoms with E-state index < -0.39 is 39.8 Å². The van der Waals surface area contributed by atoms with Crippen LogP contribution in [0.5, 0.6) is 5.75 Å². The highest BCUT2D eigenvalue weighted by atomic mass is 32.2. The normalized spacial score (nSPS) is 10.9. The van der Waals surface area contributed by atoms with Crippen molar-refractivity contribution in [1.82, 2.24) is 0 Å². The maximum atomic E-state index is 14.0. The van der Waals surface area contributed by atoms with Gasteiger partial charge in [0, 0.05) is 11.8 Å². The first kappa shape index (κ1) is 20.4. The number of hydrogen-bond acceptors (Lipinski definition) is 4. The maximum Gasteiger partial charge on any atom is 0.245 e. The second-order valence-corrected chi connectivity index (χ2v) is 7.44. The summed E-state index contributed by atoms with van der Waals surface area (Å²) in [6, 6.07) is 8.80. The number of hydrogen-bond donors (Lipinski definition) is 1. The first-order chi connectivity index (χ1) is 12.7. The summed E-state index contributed by atoms with van der Waals surface area (Å²) < 4.78 is 56.8. The zero-order valence-corrected chi connectivity index (χ0v) is 15.3. The van der Waals surface area contributed by atoms with E-state index in [9.17, 15) is 22.0 Å². The maximum absolute atomic E-state index is 14.0. The van der Waals surface area contributed by atoms with Crippen molar-refractivity contribution in [2.45, 2.75) is 0 Å². The molecule has 27 heavy (non-hydrogen) atoms. The van der Waals surface area contributed by atoms with Gasteiger partial charge in [-0.2, -0.15) is 0 Å². The van der Waals surface area contributed by atoms with Gasteiger partial charge >= 0.3 is 0 Å². The molecule has 0 atom stereocenters. The third-order valence-electron chi connectivity index (χ3n) is 3.37. The second kappa shape index (κ2) is 8.63. The van der Waals surface area contributed by atoms with Crippen LogP contribution in [0.25, 0.3) is 0 Å². The number of sulfonamides is 1. The average Bonchev–Trinajstić information content (AvgIpc) is 2.59. The lowest BCUT2D eigenvalue weighted by Gasteiger charge is -2.22. The Morgan fingerprint density at radius 3 is 2.44 bits per heavy atom. The molecule has 1 amide bonds. The van der Waals surface area contributed by atoms with E-state index in [1.807, 2.05) is 0 Å². The zero-order chi connectivity index (χ0) is 20.0. The molecule has 0 spiro atoms. The van der Waals surface area contributed by atoms with Gasteiger partial charge in [0.15, 0.2) is 0 Å². The van der Waals surface area contributed by atoms with Crippen molar-refractivity contribution in [3.05, 3.63) is 66.8 Å². The number of ether oxygens (including phenoxy) is 1. The quantitative estimate of drug-likeness (QED) is 0.696. The van der Waals surface area contributed by atoms with Crippen LogP contribution in [0.15, 0.2) is 55.1 Å². The largest absolute Gasteiger partial charge is 0.490 e. The summed E-state index contributed by atoms with van der Waals surface area (Å²) >= 11 is 0. The minimum atomic E-state index is -3.98. The number of rotatable bonds is 8. The lowest BCUT2D eigenvalue weighted by atomic mass is 10.3. The number of halogens is 2. The van der Waals surface area contributed by atoms with Crippen molar-refractivity contribution in [2.75, 3.05) is 29.0 Å². The molecule has 0 aliphatic carbocycles. The number of carbonyl (C=O) groups is 1. The lowest BCUT2D eigenvalue weighted by Crippen LogP contribution is -2.38. The van der Waals surface area contributed by atoms with Crippen molar-refractivity contribution in [3.8, 4) is 5.75 Å². The van der Waals surface area contributed by atoms with E-state index >= 15 is 0 Å². The fraction of sp³-hybridized carbons (Fsp3) is 0.167. The molecule has 0 aromatic heterocycles. The van der Waals surface area contributed by atoms with E-state index in [1.165, 1.54) is 0 Å². The number of benzene rings is 2. The summed E-state index contributed by atoms with van der Waals surface area (Å²) in [5.41, 5.74) is -0.0128. The van der Waals surface area contributed by atoms with Crippen LogP contribution in [0.3, 0.4) is 0 Å². The number of amides is 1. The fourth-order valence-corrected chi connectivity index (χ4v) is 3.04. The van der Waals surface area contributed by atoms with Crippen LogP contribution in [-0.4, -0.2) is 33.7 Å². The van der Waals surface area contributed by atoms with Gasteiger partial charge in [-0.05, 0) is 36.4 Å². The summed E-state index contributed by atoms with van der Waals surface area (Å²) in [7, 11) is -3.98. The molecule has 2 aromatic rings. The van der Waals surface area contributed by atoms with Crippen molar-refractivity contribution in [3.63, 3.8) is 0 Å². The molecule has 0 aliphatic heterocycles. The van der Waals surface area contributed by atoms with Gasteiger partial charge < -0.3 is 10.1 Å². The zero-order valence-electron chi connectivity index (χ0n) is 14.5. The van der Waals surface area contributed by atoms with Crippen LogP contribution in [0.4, 0.5) is 20.2 Å². The van der Waals surface area contributed by atoms with E-state index in [0.717, 1.165) is 18.4 Å². The first-order valence-corrected chi connectivity index (χ1v) is 9.62. The van der Waals surface area contributed by atoms with E-state index in [0.29, 0.717) is 28.4 Å². The Hall–Kier alpha value is -2.94. The van der Waals surface area contributed by atoms with E-state index in [-0.39, 0.29) is 0 Å². The Morgan fingerprint density at radius 1 is 1.22 bits per heavy atom. The molecule has 0 heterocycles. The minimum Gasteiger partial charge on any atom is -0.490 e. The monoisotopic (exact) mass is 396 g/mol. The van der Waals surface area contributed by atoms with Gasteiger partial charge in [0.2, 0.25) is 15.9 Å². The summed E-state index contributed by atoms with van der Waals surface area (Å²) in [6.45, 7) is 3.19. The highest BCUT2D eigenvalue weighted by Gasteiger charge is 2.24. The number of nitrogens with zero attached hydrogens (tertiary/aromatic N) is 1. The average molecular weight is 396 g/mol. The molecule has 2 rings (SSSR count). The van der Waals surface area contributed by atoms with Gasteiger partial charge in [-0.25, -0.2) is 17.2 Å². The van der Waals surface area contributed by atoms with Crippen LogP contribution < -0.4 is 14.4 Å². The first-order valence-electron chi connectivity index (χ1n) is 7.77. The number of carbonyl (C=O) groups excluding carboxylic acids is 1. The van der Waals surface area contributed by atoms with Crippen molar-refractivity contribution in [1.29, 1.82) is 0 Å². The summed E-state index contributed by atoms with van der Waals surface area (Å²) in [4.78, 5) is 12.2. The van der Waals surface area contributed by atoms with Gasteiger partial charge in [-0.1, -0.05) is 12.7 Å².